The molecular formula is C11H14ClNO3. The fourth-order valence-corrected chi connectivity index (χ4v) is 1.70. The van der Waals surface area contributed by atoms with E-state index in [0.29, 0.717) is 16.1 Å². The summed E-state index contributed by atoms with van der Waals surface area (Å²) < 4.78 is 4.51. The highest BCUT2D eigenvalue weighted by Gasteiger charge is 2.17. The first kappa shape index (κ1) is 12.8. The van der Waals surface area contributed by atoms with Gasteiger partial charge in [-0.1, -0.05) is 11.6 Å². The number of carbonyl (C=O) groups excluding carboxylic acids is 1. The quantitative estimate of drug-likeness (QED) is 0.796. The number of carbonyl (C=O) groups is 1. The van der Waals surface area contributed by atoms with Crippen molar-refractivity contribution in [3.05, 3.63) is 28.3 Å². The van der Waals surface area contributed by atoms with Crippen LogP contribution in [0.2, 0.25) is 5.02 Å². The molecule has 0 saturated heterocycles. The van der Waals surface area contributed by atoms with Crippen LogP contribution in [0.1, 0.15) is 23.6 Å². The van der Waals surface area contributed by atoms with E-state index in [2.05, 4.69) is 4.74 Å². The van der Waals surface area contributed by atoms with Crippen molar-refractivity contribution in [3.63, 3.8) is 0 Å². The molecule has 1 rings (SSSR count). The zero-order valence-corrected chi connectivity index (χ0v) is 9.91. The van der Waals surface area contributed by atoms with Gasteiger partial charge in [0.1, 0.15) is 5.75 Å². The average molecular weight is 244 g/mol. The predicted molar refractivity (Wildman–Crippen MR) is 61.4 cm³/mol. The van der Waals surface area contributed by atoms with Crippen LogP contribution in [0.5, 0.6) is 5.75 Å². The molecule has 0 bridgehead atoms. The van der Waals surface area contributed by atoms with E-state index in [1.54, 1.807) is 19.1 Å². The molecule has 4 nitrogen and oxygen atoms in total. The maximum absolute atomic E-state index is 11.1. The van der Waals surface area contributed by atoms with E-state index in [1.807, 2.05) is 0 Å². The van der Waals surface area contributed by atoms with E-state index in [4.69, 9.17) is 17.3 Å². The molecule has 0 aliphatic heterocycles. The Kier molecular flexibility index (Phi) is 4.15. The highest BCUT2D eigenvalue weighted by atomic mass is 35.5. The third kappa shape index (κ3) is 2.87. The zero-order chi connectivity index (χ0) is 12.3. The first-order valence-electron chi connectivity index (χ1n) is 4.77. The highest BCUT2D eigenvalue weighted by molar-refractivity contribution is 6.30. The number of ether oxygens (including phenoxy) is 1. The van der Waals surface area contributed by atoms with Crippen molar-refractivity contribution in [3.8, 4) is 5.75 Å². The van der Waals surface area contributed by atoms with Crippen LogP contribution in [0.4, 0.5) is 0 Å². The molecule has 0 radical (unpaired) electrons. The van der Waals surface area contributed by atoms with E-state index in [9.17, 15) is 9.90 Å². The SMILES string of the molecule is COC(=O)C[C@H](N)c1cc(Cl)cc(C)c1O. The average Bonchev–Trinajstić information content (AvgIpc) is 2.22. The van der Waals surface area contributed by atoms with Crippen molar-refractivity contribution in [2.24, 2.45) is 5.73 Å². The summed E-state index contributed by atoms with van der Waals surface area (Å²) in [6, 6.07) is 2.56. The standard InChI is InChI=1S/C11H14ClNO3/c1-6-3-7(12)4-8(11(6)15)9(13)5-10(14)16-2/h3-4,9,15H,5,13H2,1-2H3/t9-/m0/s1. The van der Waals surface area contributed by atoms with Gasteiger partial charge in [-0.25, -0.2) is 0 Å². The van der Waals surface area contributed by atoms with Crippen molar-refractivity contribution >= 4 is 17.6 Å². The number of halogens is 1. The number of hydrogen-bond donors (Lipinski definition) is 2. The van der Waals surface area contributed by atoms with Crippen LogP contribution in [0.3, 0.4) is 0 Å². The van der Waals surface area contributed by atoms with Gasteiger partial charge in [-0.3, -0.25) is 4.79 Å². The second-order valence-electron chi connectivity index (χ2n) is 3.55. The van der Waals surface area contributed by atoms with Crippen LogP contribution in [0.25, 0.3) is 0 Å². The molecule has 0 amide bonds. The summed E-state index contributed by atoms with van der Waals surface area (Å²) in [4.78, 5) is 11.1. The predicted octanol–water partition coefficient (Wildman–Crippen LogP) is 1.92. The van der Waals surface area contributed by atoms with Crippen LogP contribution in [-0.4, -0.2) is 18.2 Å². The van der Waals surface area contributed by atoms with Crippen LogP contribution in [0.15, 0.2) is 12.1 Å². The van der Waals surface area contributed by atoms with Crippen molar-refractivity contribution in [2.45, 2.75) is 19.4 Å². The summed E-state index contributed by atoms with van der Waals surface area (Å²) in [7, 11) is 1.29. The lowest BCUT2D eigenvalue weighted by molar-refractivity contribution is -0.141. The Hall–Kier alpha value is -1.26. The molecule has 88 valence electrons. The number of esters is 1. The topological polar surface area (TPSA) is 72.5 Å². The molecule has 0 aliphatic rings. The maximum atomic E-state index is 11.1. The van der Waals surface area contributed by atoms with Gasteiger partial charge in [0.2, 0.25) is 0 Å². The summed E-state index contributed by atoms with van der Waals surface area (Å²) >= 11 is 5.85. The van der Waals surface area contributed by atoms with E-state index in [1.165, 1.54) is 7.11 Å². The molecule has 1 atom stereocenters. The molecule has 16 heavy (non-hydrogen) atoms. The van der Waals surface area contributed by atoms with Gasteiger partial charge in [-0.05, 0) is 24.6 Å². The van der Waals surface area contributed by atoms with E-state index in [-0.39, 0.29) is 12.2 Å². The Morgan fingerprint density at radius 1 is 1.62 bits per heavy atom. The van der Waals surface area contributed by atoms with Gasteiger partial charge in [0.25, 0.3) is 0 Å². The Balaban J connectivity index is 2.99. The second kappa shape index (κ2) is 5.18. The summed E-state index contributed by atoms with van der Waals surface area (Å²) in [5.41, 5.74) is 6.87. The Labute approximate surface area is 99.0 Å². The van der Waals surface area contributed by atoms with Gasteiger partial charge in [0, 0.05) is 16.6 Å². The normalized spacial score (nSPS) is 12.2. The van der Waals surface area contributed by atoms with Crippen molar-refractivity contribution < 1.29 is 14.6 Å². The van der Waals surface area contributed by atoms with E-state index >= 15 is 0 Å². The number of phenols is 1. The zero-order valence-electron chi connectivity index (χ0n) is 9.16. The van der Waals surface area contributed by atoms with Gasteiger partial charge in [0.05, 0.1) is 13.5 Å². The van der Waals surface area contributed by atoms with Crippen LogP contribution in [-0.2, 0) is 9.53 Å². The van der Waals surface area contributed by atoms with Crippen LogP contribution >= 0.6 is 11.6 Å². The number of methoxy groups -OCH3 is 1. The van der Waals surface area contributed by atoms with Crippen molar-refractivity contribution in [1.29, 1.82) is 0 Å². The van der Waals surface area contributed by atoms with Crippen LogP contribution < -0.4 is 5.73 Å². The third-order valence-electron chi connectivity index (χ3n) is 2.31. The van der Waals surface area contributed by atoms with E-state index < -0.39 is 12.0 Å². The molecule has 0 aromatic heterocycles. The van der Waals surface area contributed by atoms with Gasteiger partial charge in [0.15, 0.2) is 0 Å². The van der Waals surface area contributed by atoms with Gasteiger partial charge >= 0.3 is 5.97 Å². The summed E-state index contributed by atoms with van der Waals surface area (Å²) in [5.74, 6) is -0.356. The number of nitrogens with two attached hydrogens (primary N) is 1. The summed E-state index contributed by atoms with van der Waals surface area (Å²) in [5, 5.41) is 10.3. The number of aryl methyl sites for hydroxylation is 1. The molecule has 1 aromatic rings. The molecule has 0 aliphatic carbocycles. The second-order valence-corrected chi connectivity index (χ2v) is 3.98. The highest BCUT2D eigenvalue weighted by Crippen LogP contribution is 2.31. The number of hydrogen-bond acceptors (Lipinski definition) is 4. The summed E-state index contributed by atoms with van der Waals surface area (Å²) in [6.07, 6.45) is 0.00381. The van der Waals surface area contributed by atoms with E-state index in [0.717, 1.165) is 0 Å². The molecule has 0 fully saturated rings. The summed E-state index contributed by atoms with van der Waals surface area (Å²) in [6.45, 7) is 1.72. The molecular weight excluding hydrogens is 230 g/mol. The number of phenolic OH excluding ortho intramolecular Hbond substituents is 1. The monoisotopic (exact) mass is 243 g/mol. The maximum Gasteiger partial charge on any atom is 0.307 e. The van der Waals surface area contributed by atoms with Crippen molar-refractivity contribution in [2.75, 3.05) is 7.11 Å². The third-order valence-corrected chi connectivity index (χ3v) is 2.53. The smallest absolute Gasteiger partial charge is 0.307 e. The van der Waals surface area contributed by atoms with Gasteiger partial charge in [-0.2, -0.15) is 0 Å². The lowest BCUT2D eigenvalue weighted by Gasteiger charge is -2.14. The largest absolute Gasteiger partial charge is 0.507 e. The number of rotatable bonds is 3. The minimum atomic E-state index is -0.621. The Bertz CT molecular complexity index is 406. The molecule has 1 aromatic carbocycles. The lowest BCUT2D eigenvalue weighted by Crippen LogP contribution is -2.16. The molecule has 0 spiro atoms. The fraction of sp³-hybridized carbons (Fsp3) is 0.364. The minimum Gasteiger partial charge on any atom is -0.507 e. The number of benzene rings is 1. The molecule has 3 N–H and O–H groups in total. The first-order chi connectivity index (χ1) is 7.45. The fourth-order valence-electron chi connectivity index (χ4n) is 1.42. The molecule has 0 saturated carbocycles. The molecule has 0 unspecified atom stereocenters. The minimum absolute atomic E-state index is 0.00381. The van der Waals surface area contributed by atoms with Crippen LogP contribution in [0, 0.1) is 6.92 Å². The van der Waals surface area contributed by atoms with Crippen molar-refractivity contribution in [1.82, 2.24) is 0 Å². The van der Waals surface area contributed by atoms with Gasteiger partial charge < -0.3 is 15.6 Å². The Morgan fingerprint density at radius 3 is 2.81 bits per heavy atom. The first-order valence-corrected chi connectivity index (χ1v) is 5.15. The molecule has 0 heterocycles. The Morgan fingerprint density at radius 2 is 2.25 bits per heavy atom. The molecule has 5 heteroatoms. The van der Waals surface area contributed by atoms with Gasteiger partial charge in [-0.15, -0.1) is 0 Å². The number of aromatic hydroxyl groups is 1. The lowest BCUT2D eigenvalue weighted by atomic mass is 10.0.